The molecule has 0 aliphatic heterocycles. The van der Waals surface area contributed by atoms with Crippen molar-refractivity contribution in [3.05, 3.63) is 60.3 Å². The average Bonchev–Trinajstić information content (AvgIpc) is 3.10. The molecule has 0 aliphatic rings. The van der Waals surface area contributed by atoms with Crippen LogP contribution in [0.15, 0.2) is 47.5 Å². The summed E-state index contributed by atoms with van der Waals surface area (Å²) in [4.78, 5) is 18.8. The molecular weight excluding hydrogens is 260 g/mol. The Morgan fingerprint density at radius 2 is 2.30 bits per heavy atom. The Hall–Kier alpha value is -2.96. The fourth-order valence-electron chi connectivity index (χ4n) is 1.72. The number of carbonyl (C=O) groups is 1. The highest BCUT2D eigenvalue weighted by atomic mass is 16.4. The van der Waals surface area contributed by atoms with E-state index in [1.165, 1.54) is 0 Å². The SMILES string of the molecule is O=C(O)c1coc(Cc2ccc(-n3cccn3)cn2)n1. The number of nitrogens with zero attached hydrogens (tertiary/aromatic N) is 4. The van der Waals surface area contributed by atoms with Crippen LogP contribution in [0.4, 0.5) is 0 Å². The van der Waals surface area contributed by atoms with Crippen molar-refractivity contribution in [3.63, 3.8) is 0 Å². The van der Waals surface area contributed by atoms with Crippen molar-refractivity contribution in [3.8, 4) is 5.69 Å². The second-order valence-electron chi connectivity index (χ2n) is 4.07. The summed E-state index contributed by atoms with van der Waals surface area (Å²) >= 11 is 0. The number of carboxylic acid groups (broad SMARTS) is 1. The van der Waals surface area contributed by atoms with Gasteiger partial charge < -0.3 is 9.52 Å². The fraction of sp³-hybridized carbons (Fsp3) is 0.0769. The second-order valence-corrected chi connectivity index (χ2v) is 4.07. The Labute approximate surface area is 113 Å². The molecule has 7 nitrogen and oxygen atoms in total. The first-order chi connectivity index (χ1) is 9.72. The van der Waals surface area contributed by atoms with Crippen molar-refractivity contribution in [2.24, 2.45) is 0 Å². The summed E-state index contributed by atoms with van der Waals surface area (Å²) in [5.41, 5.74) is 1.48. The van der Waals surface area contributed by atoms with Crippen LogP contribution >= 0.6 is 0 Å². The molecule has 0 saturated carbocycles. The minimum atomic E-state index is -1.11. The van der Waals surface area contributed by atoms with Gasteiger partial charge in [-0.05, 0) is 18.2 Å². The molecule has 0 unspecified atom stereocenters. The van der Waals surface area contributed by atoms with Crippen molar-refractivity contribution in [2.45, 2.75) is 6.42 Å². The minimum Gasteiger partial charge on any atom is -0.476 e. The van der Waals surface area contributed by atoms with Gasteiger partial charge in [-0.2, -0.15) is 5.10 Å². The van der Waals surface area contributed by atoms with Crippen LogP contribution in [0.3, 0.4) is 0 Å². The molecule has 3 aromatic rings. The third kappa shape index (κ3) is 2.41. The molecule has 0 bridgehead atoms. The lowest BCUT2D eigenvalue weighted by Crippen LogP contribution is -1.99. The molecule has 0 radical (unpaired) electrons. The molecule has 0 atom stereocenters. The van der Waals surface area contributed by atoms with Gasteiger partial charge in [0.05, 0.1) is 18.3 Å². The Morgan fingerprint density at radius 1 is 1.40 bits per heavy atom. The maximum Gasteiger partial charge on any atom is 0.357 e. The van der Waals surface area contributed by atoms with Gasteiger partial charge in [0, 0.05) is 18.1 Å². The third-order valence-corrected chi connectivity index (χ3v) is 2.68. The maximum atomic E-state index is 10.7. The topological polar surface area (TPSA) is 94.0 Å². The molecule has 0 aromatic carbocycles. The van der Waals surface area contributed by atoms with Gasteiger partial charge in [-0.25, -0.2) is 14.5 Å². The van der Waals surface area contributed by atoms with Crippen LogP contribution in [-0.2, 0) is 6.42 Å². The summed E-state index contributed by atoms with van der Waals surface area (Å²) in [7, 11) is 0. The molecular formula is C13H10N4O3. The summed E-state index contributed by atoms with van der Waals surface area (Å²) < 4.78 is 6.78. The van der Waals surface area contributed by atoms with Crippen molar-refractivity contribution >= 4 is 5.97 Å². The number of carboxylic acids is 1. The first-order valence-electron chi connectivity index (χ1n) is 5.85. The molecule has 0 spiro atoms. The maximum absolute atomic E-state index is 10.7. The Bertz CT molecular complexity index is 716. The summed E-state index contributed by atoms with van der Waals surface area (Å²) in [6, 6.07) is 5.52. The molecule has 0 aliphatic carbocycles. The lowest BCUT2D eigenvalue weighted by atomic mass is 10.2. The molecule has 3 rings (SSSR count). The minimum absolute atomic E-state index is 0.104. The monoisotopic (exact) mass is 270 g/mol. The first kappa shape index (κ1) is 12.1. The zero-order valence-electron chi connectivity index (χ0n) is 10.3. The van der Waals surface area contributed by atoms with Crippen LogP contribution in [-0.4, -0.2) is 30.8 Å². The van der Waals surface area contributed by atoms with Gasteiger partial charge in [-0.1, -0.05) is 0 Å². The zero-order chi connectivity index (χ0) is 13.9. The molecule has 7 heteroatoms. The Kier molecular flexibility index (Phi) is 3.00. The van der Waals surface area contributed by atoms with Gasteiger partial charge in [0.25, 0.3) is 0 Å². The van der Waals surface area contributed by atoms with Crippen LogP contribution in [0.5, 0.6) is 0 Å². The van der Waals surface area contributed by atoms with E-state index in [0.29, 0.717) is 12.3 Å². The molecule has 0 fully saturated rings. The van der Waals surface area contributed by atoms with Crippen molar-refractivity contribution < 1.29 is 14.3 Å². The number of hydrogen-bond donors (Lipinski definition) is 1. The van der Waals surface area contributed by atoms with E-state index in [-0.39, 0.29) is 5.69 Å². The number of oxazole rings is 1. The predicted octanol–water partition coefficient (Wildman–Crippen LogP) is 1.54. The number of aromatic carboxylic acids is 1. The number of pyridine rings is 1. The van der Waals surface area contributed by atoms with Crippen molar-refractivity contribution in [2.75, 3.05) is 0 Å². The van der Waals surface area contributed by atoms with E-state index in [1.54, 1.807) is 17.1 Å². The summed E-state index contributed by atoms with van der Waals surface area (Å²) in [5, 5.41) is 12.9. The van der Waals surface area contributed by atoms with E-state index in [9.17, 15) is 4.79 Å². The average molecular weight is 270 g/mol. The molecule has 20 heavy (non-hydrogen) atoms. The highest BCUT2D eigenvalue weighted by Gasteiger charge is 2.11. The number of rotatable bonds is 4. The van der Waals surface area contributed by atoms with E-state index >= 15 is 0 Å². The van der Waals surface area contributed by atoms with Crippen LogP contribution in [0.1, 0.15) is 22.1 Å². The van der Waals surface area contributed by atoms with Crippen molar-refractivity contribution in [1.82, 2.24) is 19.7 Å². The lowest BCUT2D eigenvalue weighted by Gasteiger charge is -2.01. The van der Waals surface area contributed by atoms with E-state index in [1.807, 2.05) is 24.4 Å². The van der Waals surface area contributed by atoms with Crippen LogP contribution in [0, 0.1) is 0 Å². The van der Waals surface area contributed by atoms with E-state index in [4.69, 9.17) is 9.52 Å². The molecule has 0 saturated heterocycles. The Morgan fingerprint density at radius 3 is 2.90 bits per heavy atom. The summed E-state index contributed by atoms with van der Waals surface area (Å²) in [6.45, 7) is 0. The molecule has 0 amide bonds. The highest BCUT2D eigenvalue weighted by molar-refractivity contribution is 5.84. The second kappa shape index (κ2) is 4.96. The number of hydrogen-bond acceptors (Lipinski definition) is 5. The summed E-state index contributed by atoms with van der Waals surface area (Å²) in [6.07, 6.45) is 6.66. The van der Waals surface area contributed by atoms with E-state index in [0.717, 1.165) is 17.6 Å². The highest BCUT2D eigenvalue weighted by Crippen LogP contribution is 2.10. The van der Waals surface area contributed by atoms with Crippen molar-refractivity contribution in [1.29, 1.82) is 0 Å². The largest absolute Gasteiger partial charge is 0.476 e. The number of aromatic nitrogens is 4. The van der Waals surface area contributed by atoms with Crippen LogP contribution in [0.2, 0.25) is 0 Å². The molecule has 100 valence electrons. The smallest absolute Gasteiger partial charge is 0.357 e. The third-order valence-electron chi connectivity index (χ3n) is 2.68. The summed E-state index contributed by atoms with van der Waals surface area (Å²) in [5.74, 6) is -0.788. The molecule has 3 heterocycles. The van der Waals surface area contributed by atoms with Gasteiger partial charge in [0.15, 0.2) is 5.69 Å². The molecule has 3 aromatic heterocycles. The zero-order valence-corrected chi connectivity index (χ0v) is 10.3. The lowest BCUT2D eigenvalue weighted by molar-refractivity contribution is 0.0690. The quantitative estimate of drug-likeness (QED) is 0.772. The van der Waals surface area contributed by atoms with Crippen LogP contribution in [0.25, 0.3) is 5.69 Å². The van der Waals surface area contributed by atoms with Gasteiger partial charge >= 0.3 is 5.97 Å². The predicted molar refractivity (Wildman–Crippen MR) is 67.6 cm³/mol. The fourth-order valence-corrected chi connectivity index (χ4v) is 1.72. The standard InChI is InChI=1S/C13H10N4O3/c18-13(19)11-8-20-12(16-11)6-9-2-3-10(7-14-9)17-5-1-4-15-17/h1-5,7-8H,6H2,(H,18,19). The van der Waals surface area contributed by atoms with Gasteiger partial charge in [0.1, 0.15) is 6.26 Å². The normalized spacial score (nSPS) is 10.6. The van der Waals surface area contributed by atoms with Gasteiger partial charge in [-0.15, -0.1) is 0 Å². The van der Waals surface area contributed by atoms with Gasteiger partial charge in [-0.3, -0.25) is 4.98 Å². The van der Waals surface area contributed by atoms with Crippen LogP contribution < -0.4 is 0 Å². The van der Waals surface area contributed by atoms with E-state index in [2.05, 4.69) is 15.1 Å². The molecule has 1 N–H and O–H groups in total. The first-order valence-corrected chi connectivity index (χ1v) is 5.85. The van der Waals surface area contributed by atoms with E-state index < -0.39 is 5.97 Å². The van der Waals surface area contributed by atoms with Gasteiger partial charge in [0.2, 0.25) is 5.89 Å². The Balaban J connectivity index is 1.76.